The first kappa shape index (κ1) is 12.6. The Bertz CT molecular complexity index is 673. The van der Waals surface area contributed by atoms with Crippen molar-refractivity contribution in [3.05, 3.63) is 45.6 Å². The number of nitro groups is 1. The Morgan fingerprint density at radius 2 is 2.32 bits per heavy atom. The largest absolute Gasteiger partial charge is 0.360 e. The highest BCUT2D eigenvalue weighted by Crippen LogP contribution is 2.18. The quantitative estimate of drug-likeness (QED) is 0.244. The number of nitrogens with two attached hydrogens (primary N) is 1. The lowest BCUT2D eigenvalue weighted by molar-refractivity contribution is -0.528. The van der Waals surface area contributed by atoms with Crippen molar-refractivity contribution >= 4 is 23.1 Å². The third kappa shape index (κ3) is 2.86. The van der Waals surface area contributed by atoms with Crippen molar-refractivity contribution < 1.29 is 10.1 Å². The summed E-state index contributed by atoms with van der Waals surface area (Å²) in [5.41, 5.74) is 9.90. The van der Waals surface area contributed by atoms with Crippen LogP contribution in [0.1, 0.15) is 11.3 Å². The molecule has 1 heterocycles. The average molecular weight is 261 g/mol. The summed E-state index contributed by atoms with van der Waals surface area (Å²) < 4.78 is 0. The summed E-state index contributed by atoms with van der Waals surface area (Å²) in [6.45, 7) is 1.93. The van der Waals surface area contributed by atoms with E-state index in [0.29, 0.717) is 0 Å². The van der Waals surface area contributed by atoms with E-state index in [1.54, 1.807) is 11.6 Å². The SMILES string of the molecule is Cc1[nH]c2ccccc2c1/C=[NH+]/N=C(N)N[N+](=O)[O-]. The number of para-hydroxylation sites is 1. The third-order valence-corrected chi connectivity index (χ3v) is 2.54. The van der Waals surface area contributed by atoms with Gasteiger partial charge in [0.1, 0.15) is 0 Å². The number of rotatable bonds is 3. The second-order valence-corrected chi connectivity index (χ2v) is 3.85. The molecule has 0 amide bonds. The van der Waals surface area contributed by atoms with Gasteiger partial charge in [-0.3, -0.25) is 0 Å². The Morgan fingerprint density at radius 3 is 3.05 bits per heavy atom. The third-order valence-electron chi connectivity index (χ3n) is 2.54. The fraction of sp³-hybridized carbons (Fsp3) is 0.0909. The van der Waals surface area contributed by atoms with Gasteiger partial charge in [0.15, 0.2) is 5.03 Å². The summed E-state index contributed by atoms with van der Waals surface area (Å²) in [4.78, 5) is 13.3. The van der Waals surface area contributed by atoms with Crippen molar-refractivity contribution in [3.63, 3.8) is 0 Å². The zero-order chi connectivity index (χ0) is 13.8. The number of aromatic nitrogens is 1. The fourth-order valence-corrected chi connectivity index (χ4v) is 1.77. The topological polar surface area (TPSA) is 123 Å². The van der Waals surface area contributed by atoms with Crippen molar-refractivity contribution in [2.45, 2.75) is 6.92 Å². The molecule has 98 valence electrons. The normalized spacial score (nSPS) is 12.2. The Kier molecular flexibility index (Phi) is 3.42. The minimum absolute atomic E-state index is 0.321. The Labute approximate surface area is 108 Å². The van der Waals surface area contributed by atoms with E-state index in [0.717, 1.165) is 22.2 Å². The maximum atomic E-state index is 10.1. The lowest BCUT2D eigenvalue weighted by atomic mass is 10.1. The predicted molar refractivity (Wildman–Crippen MR) is 70.9 cm³/mol. The zero-order valence-electron chi connectivity index (χ0n) is 10.2. The number of hydrazone groups is 1. The second kappa shape index (κ2) is 5.17. The van der Waals surface area contributed by atoms with Crippen molar-refractivity contribution in [2.24, 2.45) is 10.8 Å². The summed E-state index contributed by atoms with van der Waals surface area (Å²) in [6, 6.07) is 7.80. The molecule has 0 aliphatic carbocycles. The van der Waals surface area contributed by atoms with E-state index in [-0.39, 0.29) is 5.96 Å². The number of nitrogens with one attached hydrogen (secondary N) is 3. The van der Waals surface area contributed by atoms with E-state index in [9.17, 15) is 10.1 Å². The number of benzene rings is 1. The van der Waals surface area contributed by atoms with Crippen molar-refractivity contribution in [3.8, 4) is 0 Å². The van der Waals surface area contributed by atoms with Gasteiger partial charge in [-0.25, -0.2) is 10.1 Å². The molecule has 8 nitrogen and oxygen atoms in total. The lowest BCUT2D eigenvalue weighted by Crippen LogP contribution is -2.64. The van der Waals surface area contributed by atoms with Crippen LogP contribution in [0, 0.1) is 17.0 Å². The summed E-state index contributed by atoms with van der Waals surface area (Å²) in [5, 5.41) is 16.6. The summed E-state index contributed by atoms with van der Waals surface area (Å²) in [6.07, 6.45) is 1.63. The van der Waals surface area contributed by atoms with Crippen LogP contribution in [-0.2, 0) is 0 Å². The molecule has 0 radical (unpaired) electrons. The van der Waals surface area contributed by atoms with E-state index < -0.39 is 5.03 Å². The molecule has 0 atom stereocenters. The molecule has 0 aliphatic heterocycles. The van der Waals surface area contributed by atoms with Gasteiger partial charge in [-0.15, -0.1) is 5.10 Å². The molecule has 0 fully saturated rings. The van der Waals surface area contributed by atoms with Gasteiger partial charge < -0.3 is 10.7 Å². The van der Waals surface area contributed by atoms with Gasteiger partial charge in [0.2, 0.25) is 6.21 Å². The molecule has 2 rings (SSSR count). The van der Waals surface area contributed by atoms with Crippen LogP contribution in [0.15, 0.2) is 29.4 Å². The molecule has 0 bridgehead atoms. The number of hydrazine groups is 1. The number of hydrogen-bond acceptors (Lipinski definition) is 3. The highest BCUT2D eigenvalue weighted by atomic mass is 16.7. The molecule has 1 aromatic heterocycles. The van der Waals surface area contributed by atoms with Gasteiger partial charge in [0.05, 0.1) is 5.56 Å². The number of guanidine groups is 1. The van der Waals surface area contributed by atoms with Gasteiger partial charge in [-0.05, 0) is 13.0 Å². The molecule has 5 N–H and O–H groups in total. The van der Waals surface area contributed by atoms with Crippen LogP contribution in [0.2, 0.25) is 0 Å². The van der Waals surface area contributed by atoms with Gasteiger partial charge in [-0.2, -0.15) is 0 Å². The summed E-state index contributed by atoms with van der Waals surface area (Å²) >= 11 is 0. The van der Waals surface area contributed by atoms with Crippen molar-refractivity contribution in [1.82, 2.24) is 10.4 Å². The van der Waals surface area contributed by atoms with Gasteiger partial charge in [0.25, 0.3) is 0 Å². The molecule has 0 aliphatic rings. The van der Waals surface area contributed by atoms with Crippen LogP contribution in [0.5, 0.6) is 0 Å². The lowest BCUT2D eigenvalue weighted by Gasteiger charge is -1.89. The summed E-state index contributed by atoms with van der Waals surface area (Å²) in [5.74, 6) is -0.321. The number of aryl methyl sites for hydroxylation is 1. The Balaban J connectivity index is 2.26. The standard InChI is InChI=1S/C11H12N6O2/c1-7-9(6-13-15-11(12)16-17(18)19)8-4-2-3-5-10(8)14-7/h2-6,14H,1H3,(H3,12,15,16)/p+1/b13-6+. The van der Waals surface area contributed by atoms with E-state index in [1.165, 1.54) is 0 Å². The molecule has 0 spiro atoms. The minimum atomic E-state index is -0.780. The molecule has 2 aromatic rings. The maximum absolute atomic E-state index is 10.1. The first-order valence-corrected chi connectivity index (χ1v) is 5.48. The highest BCUT2D eigenvalue weighted by Gasteiger charge is 2.08. The number of H-pyrrole nitrogens is 1. The van der Waals surface area contributed by atoms with E-state index in [1.807, 2.05) is 31.2 Å². The summed E-state index contributed by atoms with van der Waals surface area (Å²) in [7, 11) is 0. The van der Waals surface area contributed by atoms with Gasteiger partial charge in [-0.1, -0.05) is 23.6 Å². The number of aromatic amines is 1. The van der Waals surface area contributed by atoms with Crippen LogP contribution in [0.4, 0.5) is 0 Å². The number of fused-ring (bicyclic) bond motifs is 1. The Hall–Kier alpha value is -2.90. The van der Waals surface area contributed by atoms with E-state index in [2.05, 4.69) is 15.2 Å². The van der Waals surface area contributed by atoms with Crippen LogP contribution in [-0.4, -0.2) is 22.2 Å². The molecule has 0 unspecified atom stereocenters. The predicted octanol–water partition coefficient (Wildman–Crippen LogP) is -1.01. The van der Waals surface area contributed by atoms with Gasteiger partial charge >= 0.3 is 5.96 Å². The van der Waals surface area contributed by atoms with Gasteiger partial charge in [0, 0.05) is 21.7 Å². The van der Waals surface area contributed by atoms with Crippen molar-refractivity contribution in [1.29, 1.82) is 0 Å². The Morgan fingerprint density at radius 1 is 1.58 bits per heavy atom. The maximum Gasteiger partial charge on any atom is 0.319 e. The van der Waals surface area contributed by atoms with E-state index >= 15 is 0 Å². The molecule has 0 saturated heterocycles. The number of hydrogen-bond donors (Lipinski definition) is 4. The first-order chi connectivity index (χ1) is 9.08. The minimum Gasteiger partial charge on any atom is -0.360 e. The smallest absolute Gasteiger partial charge is 0.319 e. The number of nitrogens with zero attached hydrogens (tertiary/aromatic N) is 2. The van der Waals surface area contributed by atoms with Crippen molar-refractivity contribution in [2.75, 3.05) is 0 Å². The monoisotopic (exact) mass is 261 g/mol. The van der Waals surface area contributed by atoms with E-state index in [4.69, 9.17) is 5.73 Å². The molecular weight excluding hydrogens is 248 g/mol. The second-order valence-electron chi connectivity index (χ2n) is 3.85. The highest BCUT2D eigenvalue weighted by molar-refractivity contribution is 5.98. The van der Waals surface area contributed by atoms with Crippen LogP contribution >= 0.6 is 0 Å². The average Bonchev–Trinajstić information content (AvgIpc) is 2.65. The molecule has 19 heavy (non-hydrogen) atoms. The zero-order valence-corrected chi connectivity index (χ0v) is 10.2. The van der Waals surface area contributed by atoms with Crippen LogP contribution in [0.25, 0.3) is 10.9 Å². The molecule has 1 aromatic carbocycles. The molecular formula is C11H13N6O2+. The molecule has 0 saturated carbocycles. The first-order valence-electron chi connectivity index (χ1n) is 5.48. The molecule has 8 heteroatoms. The fourth-order valence-electron chi connectivity index (χ4n) is 1.77. The van der Waals surface area contributed by atoms with Crippen LogP contribution in [0.3, 0.4) is 0 Å². The van der Waals surface area contributed by atoms with Crippen LogP contribution < -0.4 is 16.3 Å².